The average Bonchev–Trinajstić information content (AvgIpc) is 2.34. The third-order valence-electron chi connectivity index (χ3n) is 0.849. The summed E-state index contributed by atoms with van der Waals surface area (Å²) in [6, 6.07) is 0. The highest BCUT2D eigenvalue weighted by molar-refractivity contribution is 5.40. The predicted molar refractivity (Wildman–Crippen MR) is 31.5 cm³/mol. The van der Waals surface area contributed by atoms with Gasteiger partial charge in [-0.3, -0.25) is 0 Å². The molecule has 0 saturated carbocycles. The molecule has 1 aromatic heterocycles. The van der Waals surface area contributed by atoms with E-state index in [2.05, 4.69) is 19.7 Å². The normalized spacial score (nSPS) is 9.18. The molecular weight excluding hydrogens is 156 g/mol. The quantitative estimate of drug-likeness (QED) is 0.477. The minimum atomic E-state index is -0.790. The highest BCUT2D eigenvalue weighted by Crippen LogP contribution is 2.16. The van der Waals surface area contributed by atoms with Crippen LogP contribution in [0.5, 0.6) is 5.88 Å². The Morgan fingerprint density at radius 3 is 3.00 bits per heavy atom. The molecule has 0 aromatic carbocycles. The van der Waals surface area contributed by atoms with Crippen LogP contribution in [0.4, 0.5) is 5.82 Å². The largest absolute Gasteiger partial charge is 0.476 e. The van der Waals surface area contributed by atoms with E-state index in [4.69, 9.17) is 0 Å². The van der Waals surface area contributed by atoms with Crippen molar-refractivity contribution in [1.82, 2.24) is 10.3 Å². The highest BCUT2D eigenvalue weighted by Gasteiger charge is 2.13. The fourth-order valence-electron chi connectivity index (χ4n) is 0.469. The lowest BCUT2D eigenvalue weighted by molar-refractivity contribution is -0.445. The van der Waals surface area contributed by atoms with Crippen LogP contribution in [-0.4, -0.2) is 22.5 Å². The van der Waals surface area contributed by atoms with Crippen LogP contribution in [0.15, 0.2) is 4.63 Å². The van der Waals surface area contributed by atoms with Crippen molar-refractivity contribution in [3.8, 4) is 5.88 Å². The number of nitrogens with one attached hydrogen (secondary N) is 1. The van der Waals surface area contributed by atoms with Gasteiger partial charge in [0.05, 0.1) is 7.11 Å². The number of hydrogen-bond donors (Lipinski definition) is 1. The van der Waals surface area contributed by atoms with E-state index in [1.54, 1.807) is 5.43 Å². The average molecular weight is 160 g/mol. The van der Waals surface area contributed by atoms with E-state index in [9.17, 15) is 10.1 Å². The van der Waals surface area contributed by atoms with Crippen LogP contribution in [0.25, 0.3) is 0 Å². The van der Waals surface area contributed by atoms with Gasteiger partial charge in [0.2, 0.25) is 0 Å². The number of hydrogen-bond acceptors (Lipinski definition) is 6. The molecule has 8 nitrogen and oxygen atoms in total. The van der Waals surface area contributed by atoms with E-state index in [-0.39, 0.29) is 11.7 Å². The van der Waals surface area contributed by atoms with Gasteiger partial charge >= 0.3 is 5.88 Å². The summed E-state index contributed by atoms with van der Waals surface area (Å²) >= 11 is 0. The SMILES string of the molecule is COc1nonc1N[N+](=O)[O-]. The smallest absolute Gasteiger partial charge is 0.306 e. The molecule has 0 unspecified atom stereocenters. The van der Waals surface area contributed by atoms with Crippen LogP contribution >= 0.6 is 0 Å². The Morgan fingerprint density at radius 2 is 2.45 bits per heavy atom. The second-order valence-corrected chi connectivity index (χ2v) is 1.49. The third kappa shape index (κ3) is 1.53. The molecule has 0 bridgehead atoms. The van der Waals surface area contributed by atoms with Gasteiger partial charge in [-0.2, -0.15) is 0 Å². The first-order chi connectivity index (χ1) is 5.24. The Morgan fingerprint density at radius 1 is 1.73 bits per heavy atom. The maximum absolute atomic E-state index is 9.86. The minimum Gasteiger partial charge on any atom is -0.476 e. The topological polar surface area (TPSA) is 103 Å². The number of rotatable bonds is 3. The highest BCUT2D eigenvalue weighted by atomic mass is 16.7. The van der Waals surface area contributed by atoms with Crippen molar-refractivity contribution in [3.63, 3.8) is 0 Å². The van der Waals surface area contributed by atoms with E-state index in [0.717, 1.165) is 0 Å². The molecule has 0 amide bonds. The van der Waals surface area contributed by atoms with Crippen LogP contribution in [-0.2, 0) is 0 Å². The van der Waals surface area contributed by atoms with Gasteiger partial charge in [0, 0.05) is 0 Å². The Hall–Kier alpha value is -1.86. The number of nitro groups is 1. The maximum Gasteiger partial charge on any atom is 0.306 e. The monoisotopic (exact) mass is 160 g/mol. The zero-order valence-electron chi connectivity index (χ0n) is 5.47. The molecule has 60 valence electrons. The third-order valence-corrected chi connectivity index (χ3v) is 0.849. The Bertz CT molecular complexity index is 258. The molecule has 1 rings (SSSR count). The lowest BCUT2D eigenvalue weighted by Gasteiger charge is -1.91. The summed E-state index contributed by atoms with van der Waals surface area (Å²) in [5, 5.41) is 15.5. The van der Waals surface area contributed by atoms with Gasteiger partial charge in [0.25, 0.3) is 5.82 Å². The van der Waals surface area contributed by atoms with Crippen LogP contribution < -0.4 is 10.2 Å². The fourth-order valence-corrected chi connectivity index (χ4v) is 0.469. The molecule has 11 heavy (non-hydrogen) atoms. The van der Waals surface area contributed by atoms with Crippen LogP contribution in [0.2, 0.25) is 0 Å². The van der Waals surface area contributed by atoms with E-state index in [1.165, 1.54) is 7.11 Å². The molecule has 0 spiro atoms. The van der Waals surface area contributed by atoms with Crippen molar-refractivity contribution in [1.29, 1.82) is 0 Å². The first kappa shape index (κ1) is 7.25. The van der Waals surface area contributed by atoms with Gasteiger partial charge in [-0.15, -0.1) is 0 Å². The molecule has 0 atom stereocenters. The molecular formula is C3H4N4O4. The molecule has 0 aliphatic heterocycles. The maximum atomic E-state index is 9.86. The summed E-state index contributed by atoms with van der Waals surface area (Å²) in [5.41, 5.74) is 1.73. The predicted octanol–water partition coefficient (Wildman–Crippen LogP) is -0.318. The van der Waals surface area contributed by atoms with E-state index >= 15 is 0 Å². The van der Waals surface area contributed by atoms with Crippen molar-refractivity contribution >= 4 is 5.82 Å². The fraction of sp³-hybridized carbons (Fsp3) is 0.333. The molecule has 0 radical (unpaired) electrons. The molecule has 0 aliphatic carbocycles. The van der Waals surface area contributed by atoms with Crippen molar-refractivity contribution in [2.24, 2.45) is 0 Å². The number of anilines is 1. The van der Waals surface area contributed by atoms with Gasteiger partial charge in [-0.1, -0.05) is 5.43 Å². The van der Waals surface area contributed by atoms with E-state index < -0.39 is 5.03 Å². The van der Waals surface area contributed by atoms with Crippen LogP contribution in [0.3, 0.4) is 0 Å². The second-order valence-electron chi connectivity index (χ2n) is 1.49. The van der Waals surface area contributed by atoms with Gasteiger partial charge in [-0.25, -0.2) is 14.7 Å². The standard InChI is InChI=1S/C3H4N4O4/c1-10-3-2(4-7(8)9)5-11-6-3/h1H3,(H,4,5). The molecule has 0 aliphatic rings. The molecule has 1 aromatic rings. The summed E-state index contributed by atoms with van der Waals surface area (Å²) < 4.78 is 8.70. The van der Waals surface area contributed by atoms with E-state index in [1.807, 2.05) is 0 Å². The van der Waals surface area contributed by atoms with Crippen molar-refractivity contribution in [2.75, 3.05) is 12.5 Å². The molecule has 8 heteroatoms. The lowest BCUT2D eigenvalue weighted by Crippen LogP contribution is -2.08. The minimum absolute atomic E-state index is 0.0540. The Labute approximate surface area is 60.2 Å². The summed E-state index contributed by atoms with van der Waals surface area (Å²) in [5.74, 6) is -0.209. The first-order valence-electron chi connectivity index (χ1n) is 2.51. The van der Waals surface area contributed by atoms with Gasteiger partial charge < -0.3 is 4.74 Å². The summed E-state index contributed by atoms with van der Waals surface area (Å²) in [6.07, 6.45) is 0. The zero-order valence-corrected chi connectivity index (χ0v) is 5.47. The molecule has 0 fully saturated rings. The number of methoxy groups -OCH3 is 1. The number of nitrogens with zero attached hydrogens (tertiary/aromatic N) is 3. The van der Waals surface area contributed by atoms with Crippen LogP contribution in [0.1, 0.15) is 0 Å². The number of hydrazine groups is 1. The van der Waals surface area contributed by atoms with Gasteiger partial charge in [-0.05, 0) is 10.3 Å². The number of ether oxygens (including phenoxy) is 1. The second kappa shape index (κ2) is 2.82. The molecule has 1 N–H and O–H groups in total. The summed E-state index contributed by atoms with van der Waals surface area (Å²) in [7, 11) is 1.30. The van der Waals surface area contributed by atoms with Crippen molar-refractivity contribution in [2.45, 2.75) is 0 Å². The van der Waals surface area contributed by atoms with Gasteiger partial charge in [0.15, 0.2) is 5.03 Å². The molecule has 0 saturated heterocycles. The number of aromatic nitrogens is 2. The first-order valence-corrected chi connectivity index (χ1v) is 2.51. The Balaban J connectivity index is 2.76. The Kier molecular flexibility index (Phi) is 1.86. The molecule has 1 heterocycles. The summed E-state index contributed by atoms with van der Waals surface area (Å²) in [4.78, 5) is 9.86. The van der Waals surface area contributed by atoms with Crippen molar-refractivity contribution in [3.05, 3.63) is 10.1 Å². The van der Waals surface area contributed by atoms with Crippen molar-refractivity contribution < 1.29 is 14.4 Å². The van der Waals surface area contributed by atoms with Gasteiger partial charge in [0.1, 0.15) is 0 Å². The van der Waals surface area contributed by atoms with E-state index in [0.29, 0.717) is 0 Å². The zero-order chi connectivity index (χ0) is 8.27. The van der Waals surface area contributed by atoms with Crippen LogP contribution in [0, 0.1) is 10.1 Å². The lowest BCUT2D eigenvalue weighted by atomic mass is 10.7. The summed E-state index contributed by atoms with van der Waals surface area (Å²) in [6.45, 7) is 0.